The lowest BCUT2D eigenvalue weighted by Gasteiger charge is -2.45. The summed E-state index contributed by atoms with van der Waals surface area (Å²) in [5, 5.41) is 3.54. The standard InChI is InChI=1S/C19H35N3O2S/c1-3-20-17(21-15-18(23-2)9-12-24-13-10-18)22-11-14-25-19(16-22)7-5-4-6-8-19/h3-16H2,1-2H3,(H,20,21). The van der Waals surface area contributed by atoms with Crippen LogP contribution in [0.2, 0.25) is 0 Å². The van der Waals surface area contributed by atoms with Crippen LogP contribution in [0, 0.1) is 0 Å². The van der Waals surface area contributed by atoms with Crippen LogP contribution in [0.4, 0.5) is 0 Å². The summed E-state index contributed by atoms with van der Waals surface area (Å²) in [5.41, 5.74) is -0.147. The van der Waals surface area contributed by atoms with E-state index in [1.54, 1.807) is 0 Å². The van der Waals surface area contributed by atoms with Crippen molar-refractivity contribution in [3.05, 3.63) is 0 Å². The highest BCUT2D eigenvalue weighted by molar-refractivity contribution is 8.00. The number of rotatable bonds is 4. The summed E-state index contributed by atoms with van der Waals surface area (Å²) in [6, 6.07) is 0. The van der Waals surface area contributed by atoms with Crippen molar-refractivity contribution in [2.45, 2.75) is 62.2 Å². The van der Waals surface area contributed by atoms with Crippen LogP contribution in [0.15, 0.2) is 4.99 Å². The van der Waals surface area contributed by atoms with Crippen LogP contribution in [0.5, 0.6) is 0 Å². The molecule has 5 nitrogen and oxygen atoms in total. The molecule has 2 aliphatic heterocycles. The molecule has 1 spiro atoms. The van der Waals surface area contributed by atoms with Crippen LogP contribution in [-0.2, 0) is 9.47 Å². The molecule has 0 aromatic heterocycles. The first-order valence-corrected chi connectivity index (χ1v) is 11.0. The van der Waals surface area contributed by atoms with E-state index in [1.165, 1.54) is 37.9 Å². The number of hydrogen-bond donors (Lipinski definition) is 1. The summed E-state index contributed by atoms with van der Waals surface area (Å²) in [7, 11) is 1.82. The van der Waals surface area contributed by atoms with E-state index in [-0.39, 0.29) is 5.60 Å². The van der Waals surface area contributed by atoms with Crippen LogP contribution in [-0.4, -0.2) is 73.5 Å². The van der Waals surface area contributed by atoms with Crippen LogP contribution in [0.25, 0.3) is 0 Å². The topological polar surface area (TPSA) is 46.1 Å². The molecule has 0 amide bonds. The maximum Gasteiger partial charge on any atom is 0.194 e. The largest absolute Gasteiger partial charge is 0.381 e. The summed E-state index contributed by atoms with van der Waals surface area (Å²) in [4.78, 5) is 7.53. The summed E-state index contributed by atoms with van der Waals surface area (Å²) in [5.74, 6) is 2.30. The third-order valence-electron chi connectivity index (χ3n) is 6.00. The molecule has 2 saturated heterocycles. The van der Waals surface area contributed by atoms with Crippen molar-refractivity contribution in [2.75, 3.05) is 52.3 Å². The van der Waals surface area contributed by atoms with Gasteiger partial charge in [-0.05, 0) is 19.8 Å². The second kappa shape index (κ2) is 8.96. The maximum atomic E-state index is 5.87. The van der Waals surface area contributed by atoms with Crippen molar-refractivity contribution in [3.8, 4) is 0 Å². The predicted octanol–water partition coefficient (Wildman–Crippen LogP) is 2.90. The number of thioether (sulfide) groups is 1. The Bertz CT molecular complexity index is 440. The van der Waals surface area contributed by atoms with Gasteiger partial charge in [0, 0.05) is 63.3 Å². The molecule has 2 heterocycles. The molecule has 0 radical (unpaired) electrons. The molecule has 0 aromatic rings. The van der Waals surface area contributed by atoms with Crippen LogP contribution in [0.1, 0.15) is 51.9 Å². The number of hydrogen-bond acceptors (Lipinski definition) is 4. The zero-order chi connectivity index (χ0) is 17.6. The van der Waals surface area contributed by atoms with E-state index in [4.69, 9.17) is 14.5 Å². The first kappa shape index (κ1) is 19.3. The monoisotopic (exact) mass is 369 g/mol. The quantitative estimate of drug-likeness (QED) is 0.610. The molecule has 6 heteroatoms. The Hall–Kier alpha value is -0.460. The fourth-order valence-electron chi connectivity index (χ4n) is 4.34. The van der Waals surface area contributed by atoms with E-state index in [9.17, 15) is 0 Å². The Morgan fingerprint density at radius 2 is 1.96 bits per heavy atom. The van der Waals surface area contributed by atoms with E-state index in [2.05, 4.69) is 28.9 Å². The minimum atomic E-state index is -0.147. The van der Waals surface area contributed by atoms with E-state index in [0.717, 1.165) is 58.2 Å². The van der Waals surface area contributed by atoms with Gasteiger partial charge in [-0.3, -0.25) is 4.99 Å². The van der Waals surface area contributed by atoms with Gasteiger partial charge in [0.1, 0.15) is 0 Å². The Labute approximate surface area is 157 Å². The van der Waals surface area contributed by atoms with Gasteiger partial charge in [0.2, 0.25) is 0 Å². The summed E-state index contributed by atoms with van der Waals surface area (Å²) < 4.78 is 11.8. The molecule has 0 bridgehead atoms. The summed E-state index contributed by atoms with van der Waals surface area (Å²) in [6.07, 6.45) is 8.80. The number of guanidine groups is 1. The van der Waals surface area contributed by atoms with E-state index in [0.29, 0.717) is 4.75 Å². The fraction of sp³-hybridized carbons (Fsp3) is 0.947. The van der Waals surface area contributed by atoms with Gasteiger partial charge in [0.15, 0.2) is 5.96 Å². The molecule has 3 aliphatic rings. The number of ether oxygens (including phenoxy) is 2. The Balaban J connectivity index is 1.68. The first-order chi connectivity index (χ1) is 12.2. The second-order valence-corrected chi connectivity index (χ2v) is 9.25. The van der Waals surface area contributed by atoms with E-state index >= 15 is 0 Å². The average Bonchev–Trinajstić information content (AvgIpc) is 2.66. The highest BCUT2D eigenvalue weighted by atomic mass is 32.2. The molecule has 0 aromatic carbocycles. The minimum Gasteiger partial charge on any atom is -0.381 e. The summed E-state index contributed by atoms with van der Waals surface area (Å²) >= 11 is 2.21. The van der Waals surface area contributed by atoms with Crippen LogP contribution >= 0.6 is 11.8 Å². The smallest absolute Gasteiger partial charge is 0.194 e. The number of aliphatic imine (C=N–C) groups is 1. The first-order valence-electron chi connectivity index (χ1n) is 10.0. The SMILES string of the molecule is CCNC(=NCC1(OC)CCOCC1)N1CCSC2(CCCCC2)C1. The molecular weight excluding hydrogens is 334 g/mol. The molecule has 1 N–H and O–H groups in total. The predicted molar refractivity (Wildman–Crippen MR) is 106 cm³/mol. The van der Waals surface area contributed by atoms with Crippen molar-refractivity contribution >= 4 is 17.7 Å². The third kappa shape index (κ3) is 4.83. The zero-order valence-electron chi connectivity index (χ0n) is 16.0. The van der Waals surface area contributed by atoms with Gasteiger partial charge in [0.25, 0.3) is 0 Å². The van der Waals surface area contributed by atoms with E-state index < -0.39 is 0 Å². The van der Waals surface area contributed by atoms with Gasteiger partial charge < -0.3 is 19.7 Å². The fourth-order valence-corrected chi connectivity index (χ4v) is 5.91. The van der Waals surface area contributed by atoms with Gasteiger partial charge in [-0.1, -0.05) is 19.3 Å². The zero-order valence-corrected chi connectivity index (χ0v) is 16.8. The summed E-state index contributed by atoms with van der Waals surface area (Å²) in [6.45, 7) is 7.61. The Morgan fingerprint density at radius 1 is 1.20 bits per heavy atom. The maximum absolute atomic E-state index is 5.87. The van der Waals surface area contributed by atoms with Gasteiger partial charge in [-0.2, -0.15) is 11.8 Å². The van der Waals surface area contributed by atoms with E-state index in [1.807, 2.05) is 7.11 Å². The van der Waals surface area contributed by atoms with Crippen molar-refractivity contribution in [3.63, 3.8) is 0 Å². The lowest BCUT2D eigenvalue weighted by atomic mass is 9.87. The molecule has 1 aliphatic carbocycles. The molecule has 3 rings (SSSR count). The van der Waals surface area contributed by atoms with Gasteiger partial charge in [-0.15, -0.1) is 0 Å². The lowest BCUT2D eigenvalue weighted by molar-refractivity contribution is -0.0829. The Morgan fingerprint density at radius 3 is 2.64 bits per heavy atom. The molecule has 144 valence electrons. The number of nitrogens with one attached hydrogen (secondary N) is 1. The molecule has 3 fully saturated rings. The van der Waals surface area contributed by atoms with Crippen LogP contribution in [0.3, 0.4) is 0 Å². The van der Waals surface area contributed by atoms with Crippen molar-refractivity contribution in [1.29, 1.82) is 0 Å². The minimum absolute atomic E-state index is 0.147. The molecular formula is C19H35N3O2S. The average molecular weight is 370 g/mol. The van der Waals surface area contributed by atoms with Crippen molar-refractivity contribution < 1.29 is 9.47 Å². The molecule has 0 unspecified atom stereocenters. The second-order valence-electron chi connectivity index (χ2n) is 7.68. The van der Waals surface area contributed by atoms with Gasteiger partial charge in [0.05, 0.1) is 12.1 Å². The van der Waals surface area contributed by atoms with Crippen molar-refractivity contribution in [2.24, 2.45) is 4.99 Å². The Kier molecular flexibility index (Phi) is 6.92. The number of methoxy groups -OCH3 is 1. The normalized spacial score (nSPS) is 26.6. The highest BCUT2D eigenvalue weighted by Gasteiger charge is 2.38. The van der Waals surface area contributed by atoms with Gasteiger partial charge >= 0.3 is 0 Å². The van der Waals surface area contributed by atoms with Crippen LogP contribution < -0.4 is 5.32 Å². The van der Waals surface area contributed by atoms with Crippen molar-refractivity contribution in [1.82, 2.24) is 10.2 Å². The highest BCUT2D eigenvalue weighted by Crippen LogP contribution is 2.42. The molecule has 1 saturated carbocycles. The molecule has 25 heavy (non-hydrogen) atoms. The molecule has 0 atom stereocenters. The third-order valence-corrected chi connectivity index (χ3v) is 7.54. The van der Waals surface area contributed by atoms with Gasteiger partial charge in [-0.25, -0.2) is 0 Å². The number of nitrogens with zero attached hydrogens (tertiary/aromatic N) is 2. The lowest BCUT2D eigenvalue weighted by Crippen LogP contribution is -2.54.